The predicted octanol–water partition coefficient (Wildman–Crippen LogP) is 1.72. The van der Waals surface area contributed by atoms with Crippen LogP contribution in [0.5, 0.6) is 0 Å². The van der Waals surface area contributed by atoms with Gasteiger partial charge in [-0.25, -0.2) is 4.79 Å². The highest BCUT2D eigenvalue weighted by Gasteiger charge is 2.32. The second-order valence-electron chi connectivity index (χ2n) is 7.38. The summed E-state index contributed by atoms with van der Waals surface area (Å²) >= 11 is 0. The quantitative estimate of drug-likeness (QED) is 0.788. The molecule has 6 nitrogen and oxygen atoms in total. The van der Waals surface area contributed by atoms with Crippen LogP contribution in [0, 0.1) is 5.92 Å². The fourth-order valence-corrected chi connectivity index (χ4v) is 4.06. The number of nitrogens with zero attached hydrogens (tertiary/aromatic N) is 2. The van der Waals surface area contributed by atoms with Gasteiger partial charge in [-0.2, -0.15) is 0 Å². The number of nitrogens with two attached hydrogens (primary N) is 1. The molecule has 1 saturated carbocycles. The van der Waals surface area contributed by atoms with Crippen molar-refractivity contribution in [3.05, 3.63) is 0 Å². The Morgan fingerprint density at radius 1 is 0.875 bits per heavy atom. The average Bonchev–Trinajstić information content (AvgIpc) is 3.11. The molecule has 0 aromatic heterocycles. The van der Waals surface area contributed by atoms with Gasteiger partial charge >= 0.3 is 6.03 Å². The van der Waals surface area contributed by atoms with Gasteiger partial charge in [0.2, 0.25) is 5.91 Å². The zero-order valence-corrected chi connectivity index (χ0v) is 15.2. The number of halogens is 1. The number of likely N-dealkylation sites (tertiary alicyclic amines) is 2. The smallest absolute Gasteiger partial charge is 0.320 e. The highest BCUT2D eigenvalue weighted by molar-refractivity contribution is 5.85. The molecule has 2 saturated heterocycles. The third-order valence-corrected chi connectivity index (χ3v) is 5.56. The van der Waals surface area contributed by atoms with Crippen molar-refractivity contribution in [3.63, 3.8) is 0 Å². The van der Waals surface area contributed by atoms with Crippen molar-refractivity contribution >= 4 is 24.3 Å². The number of carbonyl (C=O) groups is 2. The molecule has 3 fully saturated rings. The van der Waals surface area contributed by atoms with Crippen molar-refractivity contribution in [1.29, 1.82) is 0 Å². The van der Waals surface area contributed by atoms with Crippen LogP contribution >= 0.6 is 12.4 Å². The molecule has 0 radical (unpaired) electrons. The number of nitrogens with one attached hydrogen (secondary N) is 1. The molecule has 24 heavy (non-hydrogen) atoms. The van der Waals surface area contributed by atoms with Crippen LogP contribution in [0.3, 0.4) is 0 Å². The van der Waals surface area contributed by atoms with Crippen LogP contribution in [-0.4, -0.2) is 60.0 Å². The molecule has 3 aliphatic rings. The molecule has 7 heteroatoms. The average molecular weight is 359 g/mol. The molecule has 0 bridgehead atoms. The molecule has 2 aliphatic heterocycles. The molecule has 3 amide bonds. The topological polar surface area (TPSA) is 78.7 Å². The first-order valence-electron chi connectivity index (χ1n) is 9.23. The lowest BCUT2D eigenvalue weighted by atomic mass is 9.90. The van der Waals surface area contributed by atoms with E-state index in [1.54, 1.807) is 0 Å². The van der Waals surface area contributed by atoms with Crippen LogP contribution < -0.4 is 11.1 Å². The summed E-state index contributed by atoms with van der Waals surface area (Å²) in [4.78, 5) is 28.9. The molecule has 1 unspecified atom stereocenters. The van der Waals surface area contributed by atoms with Crippen LogP contribution in [0.1, 0.15) is 51.4 Å². The number of hydrogen-bond donors (Lipinski definition) is 2. The lowest BCUT2D eigenvalue weighted by Gasteiger charge is -2.35. The van der Waals surface area contributed by atoms with E-state index in [1.807, 2.05) is 9.80 Å². The summed E-state index contributed by atoms with van der Waals surface area (Å²) in [5.41, 5.74) is 5.92. The summed E-state index contributed by atoms with van der Waals surface area (Å²) in [5.74, 6) is 0.0790. The van der Waals surface area contributed by atoms with E-state index in [2.05, 4.69) is 5.32 Å². The van der Waals surface area contributed by atoms with Gasteiger partial charge in [0.25, 0.3) is 0 Å². The van der Waals surface area contributed by atoms with E-state index in [4.69, 9.17) is 5.73 Å². The standard InChI is InChI=1S/C17H30N4O2.ClH/c18-14-5-7-15(8-6-14)19-16(22)13-4-3-11-21(12-13)17(23)20-9-1-2-10-20;/h13-15H,1-12,18H2,(H,19,22);1H. The summed E-state index contributed by atoms with van der Waals surface area (Å²) in [6, 6.07) is 0.696. The molecular formula is C17H31ClN4O2. The lowest BCUT2D eigenvalue weighted by molar-refractivity contribution is -0.127. The summed E-state index contributed by atoms with van der Waals surface area (Å²) in [5, 5.41) is 3.19. The fraction of sp³-hybridized carbons (Fsp3) is 0.882. The van der Waals surface area contributed by atoms with E-state index >= 15 is 0 Å². The minimum atomic E-state index is -0.0501. The molecular weight excluding hydrogens is 328 g/mol. The van der Waals surface area contributed by atoms with Crippen molar-refractivity contribution in [2.45, 2.75) is 63.5 Å². The van der Waals surface area contributed by atoms with Crippen LogP contribution in [0.25, 0.3) is 0 Å². The van der Waals surface area contributed by atoms with Crippen LogP contribution in [0.2, 0.25) is 0 Å². The first kappa shape index (κ1) is 19.3. The highest BCUT2D eigenvalue weighted by atomic mass is 35.5. The monoisotopic (exact) mass is 358 g/mol. The Balaban J connectivity index is 0.00000208. The Morgan fingerprint density at radius 3 is 2.17 bits per heavy atom. The van der Waals surface area contributed by atoms with Crippen molar-refractivity contribution in [2.24, 2.45) is 11.7 Å². The Kier molecular flexibility index (Phi) is 7.16. The molecule has 3 N–H and O–H groups in total. The predicted molar refractivity (Wildman–Crippen MR) is 96.1 cm³/mol. The number of urea groups is 1. The van der Waals surface area contributed by atoms with Gasteiger partial charge in [0, 0.05) is 38.3 Å². The van der Waals surface area contributed by atoms with Gasteiger partial charge in [-0.1, -0.05) is 0 Å². The molecule has 0 aromatic carbocycles. The third kappa shape index (κ3) is 4.76. The number of hydrogen-bond acceptors (Lipinski definition) is 3. The Labute approximate surface area is 150 Å². The van der Waals surface area contributed by atoms with E-state index < -0.39 is 0 Å². The van der Waals surface area contributed by atoms with E-state index in [0.717, 1.165) is 71.0 Å². The summed E-state index contributed by atoms with van der Waals surface area (Å²) < 4.78 is 0. The molecule has 1 aliphatic carbocycles. The SMILES string of the molecule is Cl.NC1CCC(NC(=O)C2CCCN(C(=O)N3CCCC3)C2)CC1. The van der Waals surface area contributed by atoms with Gasteiger partial charge in [-0.05, 0) is 51.4 Å². The maximum atomic E-state index is 12.5. The first-order valence-corrected chi connectivity index (χ1v) is 9.23. The molecule has 3 rings (SSSR count). The maximum absolute atomic E-state index is 12.5. The van der Waals surface area contributed by atoms with Crippen LogP contribution in [0.15, 0.2) is 0 Å². The zero-order valence-electron chi connectivity index (χ0n) is 14.4. The Hall–Kier alpha value is -1.01. The molecule has 0 spiro atoms. The summed E-state index contributed by atoms with van der Waals surface area (Å²) in [6.07, 6.45) is 7.98. The third-order valence-electron chi connectivity index (χ3n) is 5.56. The summed E-state index contributed by atoms with van der Waals surface area (Å²) in [6.45, 7) is 3.11. The van der Waals surface area contributed by atoms with Gasteiger partial charge < -0.3 is 20.9 Å². The molecule has 1 atom stereocenters. The van der Waals surface area contributed by atoms with Gasteiger partial charge in [0.1, 0.15) is 0 Å². The van der Waals surface area contributed by atoms with Gasteiger partial charge in [0.15, 0.2) is 0 Å². The molecule has 0 aromatic rings. The van der Waals surface area contributed by atoms with Crippen molar-refractivity contribution in [1.82, 2.24) is 15.1 Å². The van der Waals surface area contributed by atoms with Crippen LogP contribution in [-0.2, 0) is 4.79 Å². The highest BCUT2D eigenvalue weighted by Crippen LogP contribution is 2.22. The van der Waals surface area contributed by atoms with Gasteiger partial charge in [0.05, 0.1) is 5.92 Å². The second-order valence-corrected chi connectivity index (χ2v) is 7.38. The van der Waals surface area contributed by atoms with Crippen LogP contribution in [0.4, 0.5) is 4.79 Å². The number of carbonyl (C=O) groups excluding carboxylic acids is 2. The van der Waals surface area contributed by atoms with Gasteiger partial charge in [-0.15, -0.1) is 12.4 Å². The number of piperidine rings is 1. The largest absolute Gasteiger partial charge is 0.353 e. The lowest BCUT2D eigenvalue weighted by Crippen LogP contribution is -2.51. The van der Waals surface area contributed by atoms with E-state index in [0.29, 0.717) is 12.6 Å². The zero-order chi connectivity index (χ0) is 16.2. The minimum absolute atomic E-state index is 0. The molecule has 138 valence electrons. The number of amides is 3. The van der Waals surface area contributed by atoms with E-state index in [1.165, 1.54) is 0 Å². The second kappa shape index (κ2) is 8.90. The van der Waals surface area contributed by atoms with Crippen molar-refractivity contribution < 1.29 is 9.59 Å². The van der Waals surface area contributed by atoms with Gasteiger partial charge in [-0.3, -0.25) is 4.79 Å². The normalized spacial score (nSPS) is 30.6. The maximum Gasteiger partial charge on any atom is 0.320 e. The van der Waals surface area contributed by atoms with Crippen molar-refractivity contribution in [3.8, 4) is 0 Å². The first-order chi connectivity index (χ1) is 11.1. The fourth-order valence-electron chi connectivity index (χ4n) is 4.06. The summed E-state index contributed by atoms with van der Waals surface area (Å²) in [7, 11) is 0. The minimum Gasteiger partial charge on any atom is -0.353 e. The Morgan fingerprint density at radius 2 is 1.50 bits per heavy atom. The van der Waals surface area contributed by atoms with E-state index in [9.17, 15) is 9.59 Å². The number of rotatable bonds is 2. The molecule has 2 heterocycles. The Bertz CT molecular complexity index is 434. The van der Waals surface area contributed by atoms with E-state index in [-0.39, 0.29) is 36.3 Å². The van der Waals surface area contributed by atoms with Crippen molar-refractivity contribution in [2.75, 3.05) is 26.2 Å².